The van der Waals surface area contributed by atoms with Gasteiger partial charge in [-0.3, -0.25) is 0 Å². The maximum atomic E-state index is 9.66. The monoisotopic (exact) mass is 291 g/mol. The van der Waals surface area contributed by atoms with Gasteiger partial charge in [0, 0.05) is 17.3 Å². The highest BCUT2D eigenvalue weighted by Gasteiger charge is 2.04. The Bertz CT molecular complexity index is 599. The molecule has 0 aromatic heterocycles. The van der Waals surface area contributed by atoms with E-state index in [9.17, 15) is 5.11 Å². The van der Waals surface area contributed by atoms with Crippen molar-refractivity contribution >= 4 is 17.3 Å². The van der Waals surface area contributed by atoms with Gasteiger partial charge in [0.15, 0.2) is 11.5 Å². The van der Waals surface area contributed by atoms with Crippen molar-refractivity contribution in [3.05, 3.63) is 52.5 Å². The Morgan fingerprint density at radius 1 is 1.20 bits per heavy atom. The molecular weight excluding hydrogens is 274 g/mol. The summed E-state index contributed by atoms with van der Waals surface area (Å²) in [5.41, 5.74) is 3.05. The van der Waals surface area contributed by atoms with E-state index in [1.165, 1.54) is 0 Å². The van der Waals surface area contributed by atoms with Gasteiger partial charge in [-0.2, -0.15) is 0 Å². The van der Waals surface area contributed by atoms with Crippen molar-refractivity contribution in [3.63, 3.8) is 0 Å². The Balaban J connectivity index is 2.06. The quantitative estimate of drug-likeness (QED) is 0.860. The van der Waals surface area contributed by atoms with E-state index in [4.69, 9.17) is 16.3 Å². The van der Waals surface area contributed by atoms with E-state index >= 15 is 0 Å². The average molecular weight is 292 g/mol. The number of halogens is 1. The van der Waals surface area contributed by atoms with Gasteiger partial charge in [0.05, 0.1) is 6.61 Å². The molecule has 0 amide bonds. The van der Waals surface area contributed by atoms with Crippen molar-refractivity contribution in [2.45, 2.75) is 20.4 Å². The molecule has 0 saturated carbocycles. The lowest BCUT2D eigenvalue weighted by Crippen LogP contribution is -2.00. The lowest BCUT2D eigenvalue weighted by atomic mass is 10.2. The number of rotatable bonds is 5. The van der Waals surface area contributed by atoms with Crippen molar-refractivity contribution < 1.29 is 9.84 Å². The van der Waals surface area contributed by atoms with Gasteiger partial charge in [-0.05, 0) is 49.2 Å². The highest BCUT2D eigenvalue weighted by Crippen LogP contribution is 2.27. The van der Waals surface area contributed by atoms with Crippen molar-refractivity contribution in [1.29, 1.82) is 0 Å². The Labute approximate surface area is 124 Å². The van der Waals surface area contributed by atoms with E-state index in [0.29, 0.717) is 18.9 Å². The zero-order valence-corrected chi connectivity index (χ0v) is 12.4. The second kappa shape index (κ2) is 6.53. The predicted octanol–water partition coefficient (Wildman–Crippen LogP) is 4.36. The highest BCUT2D eigenvalue weighted by atomic mass is 35.5. The fraction of sp³-hybridized carbons (Fsp3) is 0.250. The fourth-order valence-corrected chi connectivity index (χ4v) is 2.03. The summed E-state index contributed by atoms with van der Waals surface area (Å²) in [5.74, 6) is 0.669. The van der Waals surface area contributed by atoms with Crippen LogP contribution in [0.4, 0.5) is 5.69 Å². The number of hydrogen-bond acceptors (Lipinski definition) is 3. The van der Waals surface area contributed by atoms with Crippen LogP contribution in [0, 0.1) is 6.92 Å². The summed E-state index contributed by atoms with van der Waals surface area (Å²) >= 11 is 6.09. The van der Waals surface area contributed by atoms with Crippen LogP contribution in [0.2, 0.25) is 5.02 Å². The van der Waals surface area contributed by atoms with Crippen LogP contribution in [0.3, 0.4) is 0 Å². The molecule has 0 saturated heterocycles. The second-order valence-corrected chi connectivity index (χ2v) is 4.96. The molecule has 3 nitrogen and oxygen atoms in total. The van der Waals surface area contributed by atoms with Crippen LogP contribution in [-0.4, -0.2) is 11.7 Å². The zero-order chi connectivity index (χ0) is 14.5. The van der Waals surface area contributed by atoms with Crippen LogP contribution in [0.25, 0.3) is 0 Å². The van der Waals surface area contributed by atoms with Crippen LogP contribution in [-0.2, 0) is 6.54 Å². The van der Waals surface area contributed by atoms with Crippen LogP contribution in [0.15, 0.2) is 36.4 Å². The molecule has 2 aromatic carbocycles. The van der Waals surface area contributed by atoms with Crippen molar-refractivity contribution in [2.75, 3.05) is 11.9 Å². The Morgan fingerprint density at radius 3 is 2.70 bits per heavy atom. The van der Waals surface area contributed by atoms with E-state index in [1.54, 1.807) is 6.07 Å². The minimum absolute atomic E-state index is 0.161. The number of phenols is 1. The molecule has 0 aliphatic rings. The van der Waals surface area contributed by atoms with E-state index in [-0.39, 0.29) is 5.75 Å². The molecule has 0 bridgehead atoms. The summed E-state index contributed by atoms with van der Waals surface area (Å²) in [4.78, 5) is 0. The lowest BCUT2D eigenvalue weighted by Gasteiger charge is -2.11. The standard InChI is InChI=1S/C16H18ClNO2/c1-3-20-16-8-12(5-7-15(16)19)10-18-13-6-4-11(2)14(17)9-13/h4-9,18-19H,3,10H2,1-2H3. The molecule has 0 radical (unpaired) electrons. The predicted molar refractivity (Wildman–Crippen MR) is 82.8 cm³/mol. The van der Waals surface area contributed by atoms with Gasteiger partial charge in [-0.15, -0.1) is 0 Å². The number of phenolic OH excluding ortho intramolecular Hbond substituents is 1. The van der Waals surface area contributed by atoms with E-state index in [0.717, 1.165) is 21.8 Å². The van der Waals surface area contributed by atoms with E-state index < -0.39 is 0 Å². The van der Waals surface area contributed by atoms with Gasteiger partial charge in [-0.25, -0.2) is 0 Å². The molecule has 2 N–H and O–H groups in total. The van der Waals surface area contributed by atoms with E-state index in [1.807, 2.05) is 44.2 Å². The molecule has 0 unspecified atom stereocenters. The molecule has 0 spiro atoms. The number of aromatic hydroxyl groups is 1. The normalized spacial score (nSPS) is 10.3. The lowest BCUT2D eigenvalue weighted by molar-refractivity contribution is 0.318. The van der Waals surface area contributed by atoms with Gasteiger partial charge in [0.1, 0.15) is 0 Å². The first-order valence-corrected chi connectivity index (χ1v) is 6.92. The number of aryl methyl sites for hydroxylation is 1. The topological polar surface area (TPSA) is 41.5 Å². The van der Waals surface area contributed by atoms with Gasteiger partial charge >= 0.3 is 0 Å². The van der Waals surface area contributed by atoms with Crippen molar-refractivity contribution in [3.8, 4) is 11.5 Å². The Kier molecular flexibility index (Phi) is 4.74. The third kappa shape index (κ3) is 3.58. The molecule has 106 valence electrons. The third-order valence-electron chi connectivity index (χ3n) is 2.99. The summed E-state index contributed by atoms with van der Waals surface area (Å²) in [6.07, 6.45) is 0. The fourth-order valence-electron chi connectivity index (χ4n) is 1.85. The highest BCUT2D eigenvalue weighted by molar-refractivity contribution is 6.31. The molecular formula is C16H18ClNO2. The summed E-state index contributed by atoms with van der Waals surface area (Å²) in [7, 11) is 0. The molecule has 20 heavy (non-hydrogen) atoms. The Morgan fingerprint density at radius 2 is 2.00 bits per heavy atom. The molecule has 2 rings (SSSR count). The van der Waals surface area contributed by atoms with Crippen LogP contribution < -0.4 is 10.1 Å². The molecule has 4 heteroatoms. The number of ether oxygens (including phenoxy) is 1. The molecule has 0 aliphatic carbocycles. The summed E-state index contributed by atoms with van der Waals surface area (Å²) in [5, 5.41) is 13.7. The molecule has 0 atom stereocenters. The first kappa shape index (κ1) is 14.5. The first-order chi connectivity index (χ1) is 9.60. The zero-order valence-electron chi connectivity index (χ0n) is 11.6. The first-order valence-electron chi connectivity index (χ1n) is 6.55. The van der Waals surface area contributed by atoms with Gasteiger partial charge < -0.3 is 15.2 Å². The largest absolute Gasteiger partial charge is 0.504 e. The minimum atomic E-state index is 0.161. The van der Waals surface area contributed by atoms with Crippen molar-refractivity contribution in [1.82, 2.24) is 0 Å². The number of benzene rings is 2. The maximum absolute atomic E-state index is 9.66. The second-order valence-electron chi connectivity index (χ2n) is 4.55. The van der Waals surface area contributed by atoms with Crippen LogP contribution in [0.5, 0.6) is 11.5 Å². The van der Waals surface area contributed by atoms with Gasteiger partial charge in [0.2, 0.25) is 0 Å². The van der Waals surface area contributed by atoms with Crippen LogP contribution in [0.1, 0.15) is 18.1 Å². The number of hydrogen-bond donors (Lipinski definition) is 2. The number of nitrogens with one attached hydrogen (secondary N) is 1. The van der Waals surface area contributed by atoms with E-state index in [2.05, 4.69) is 5.32 Å². The molecule has 2 aromatic rings. The maximum Gasteiger partial charge on any atom is 0.161 e. The molecule has 0 aliphatic heterocycles. The van der Waals surface area contributed by atoms with Gasteiger partial charge in [0.25, 0.3) is 0 Å². The van der Waals surface area contributed by atoms with Gasteiger partial charge in [-0.1, -0.05) is 23.7 Å². The summed E-state index contributed by atoms with van der Waals surface area (Å²) < 4.78 is 5.37. The summed E-state index contributed by atoms with van der Waals surface area (Å²) in [6.45, 7) is 5.02. The molecule has 0 heterocycles. The number of anilines is 1. The van der Waals surface area contributed by atoms with Crippen LogP contribution >= 0.6 is 11.6 Å². The summed E-state index contributed by atoms with van der Waals surface area (Å²) in [6, 6.07) is 11.2. The molecule has 0 fully saturated rings. The van der Waals surface area contributed by atoms with Crippen molar-refractivity contribution in [2.24, 2.45) is 0 Å². The Hall–Kier alpha value is -1.87. The smallest absolute Gasteiger partial charge is 0.161 e. The minimum Gasteiger partial charge on any atom is -0.504 e. The SMILES string of the molecule is CCOc1cc(CNc2ccc(C)c(Cl)c2)ccc1O. The average Bonchev–Trinajstić information content (AvgIpc) is 2.43. The third-order valence-corrected chi connectivity index (χ3v) is 3.40.